The number of carbonyl (C=O) groups is 1. The maximum atomic E-state index is 12.7. The molecule has 1 fully saturated rings. The SMILES string of the molecule is Cn1ncc(N)c1C(=O)N1CCCC1Cc1ccccc1. The quantitative estimate of drug-likeness (QED) is 0.935. The molecule has 1 aliphatic heterocycles. The van der Waals surface area contributed by atoms with Crippen molar-refractivity contribution in [2.45, 2.75) is 25.3 Å². The number of hydrogen-bond acceptors (Lipinski definition) is 3. The van der Waals surface area contributed by atoms with E-state index < -0.39 is 0 Å². The molecule has 2 heterocycles. The number of aryl methyl sites for hydroxylation is 1. The van der Waals surface area contributed by atoms with Crippen LogP contribution in [0.2, 0.25) is 0 Å². The largest absolute Gasteiger partial charge is 0.396 e. The summed E-state index contributed by atoms with van der Waals surface area (Å²) >= 11 is 0. The third-order valence-corrected chi connectivity index (χ3v) is 4.12. The summed E-state index contributed by atoms with van der Waals surface area (Å²) in [6.07, 6.45) is 4.51. The van der Waals surface area contributed by atoms with E-state index in [0.717, 1.165) is 25.8 Å². The summed E-state index contributed by atoms with van der Waals surface area (Å²) < 4.78 is 1.57. The van der Waals surface area contributed by atoms with Crippen LogP contribution in [0.15, 0.2) is 36.5 Å². The van der Waals surface area contributed by atoms with Gasteiger partial charge in [0.1, 0.15) is 5.69 Å². The number of amides is 1. The fourth-order valence-corrected chi connectivity index (χ4v) is 3.05. The van der Waals surface area contributed by atoms with E-state index in [4.69, 9.17) is 5.73 Å². The Bertz CT molecular complexity index is 615. The third-order valence-electron chi connectivity index (χ3n) is 4.12. The van der Waals surface area contributed by atoms with Crippen LogP contribution in [0.4, 0.5) is 5.69 Å². The number of likely N-dealkylation sites (tertiary alicyclic amines) is 1. The van der Waals surface area contributed by atoms with E-state index in [-0.39, 0.29) is 11.9 Å². The van der Waals surface area contributed by atoms with Crippen molar-refractivity contribution >= 4 is 11.6 Å². The van der Waals surface area contributed by atoms with Crippen LogP contribution in [0.3, 0.4) is 0 Å². The molecule has 1 saturated heterocycles. The molecule has 1 amide bonds. The summed E-state index contributed by atoms with van der Waals surface area (Å²) in [5.41, 5.74) is 8.09. The Balaban J connectivity index is 1.79. The van der Waals surface area contributed by atoms with Gasteiger partial charge in [0.25, 0.3) is 5.91 Å². The molecule has 21 heavy (non-hydrogen) atoms. The first-order valence-electron chi connectivity index (χ1n) is 7.29. The summed E-state index contributed by atoms with van der Waals surface area (Å²) in [4.78, 5) is 14.7. The van der Waals surface area contributed by atoms with Gasteiger partial charge in [-0.25, -0.2) is 0 Å². The first kappa shape index (κ1) is 13.7. The van der Waals surface area contributed by atoms with Crippen molar-refractivity contribution in [2.75, 3.05) is 12.3 Å². The maximum absolute atomic E-state index is 12.7. The fraction of sp³-hybridized carbons (Fsp3) is 0.375. The zero-order chi connectivity index (χ0) is 14.8. The van der Waals surface area contributed by atoms with Gasteiger partial charge in [-0.1, -0.05) is 30.3 Å². The Hall–Kier alpha value is -2.30. The van der Waals surface area contributed by atoms with Crippen molar-refractivity contribution in [3.05, 3.63) is 47.8 Å². The number of aromatic nitrogens is 2. The summed E-state index contributed by atoms with van der Waals surface area (Å²) in [5, 5.41) is 4.06. The molecule has 0 bridgehead atoms. The zero-order valence-electron chi connectivity index (χ0n) is 12.2. The van der Waals surface area contributed by atoms with Gasteiger partial charge in [-0.15, -0.1) is 0 Å². The predicted octanol–water partition coefficient (Wildman–Crippen LogP) is 1.85. The average molecular weight is 284 g/mol. The van der Waals surface area contributed by atoms with Crippen molar-refractivity contribution in [3.63, 3.8) is 0 Å². The minimum Gasteiger partial charge on any atom is -0.396 e. The number of benzene rings is 1. The average Bonchev–Trinajstić information content (AvgIpc) is 3.07. The molecule has 1 atom stereocenters. The molecule has 110 valence electrons. The number of carbonyl (C=O) groups excluding carboxylic acids is 1. The van der Waals surface area contributed by atoms with Crippen LogP contribution in [0, 0.1) is 0 Å². The molecule has 2 aromatic rings. The summed E-state index contributed by atoms with van der Waals surface area (Å²) in [5.74, 6) is -0.00840. The molecule has 5 heteroatoms. The van der Waals surface area contributed by atoms with Crippen molar-refractivity contribution in [1.29, 1.82) is 0 Å². The van der Waals surface area contributed by atoms with Crippen LogP contribution in [0.5, 0.6) is 0 Å². The topological polar surface area (TPSA) is 64.2 Å². The molecular formula is C16H20N4O. The Morgan fingerprint density at radius 2 is 2.14 bits per heavy atom. The van der Waals surface area contributed by atoms with Crippen molar-refractivity contribution in [3.8, 4) is 0 Å². The monoisotopic (exact) mass is 284 g/mol. The number of hydrogen-bond donors (Lipinski definition) is 1. The van der Waals surface area contributed by atoms with Gasteiger partial charge < -0.3 is 10.6 Å². The molecule has 0 aliphatic carbocycles. The molecule has 0 radical (unpaired) electrons. The Kier molecular flexibility index (Phi) is 3.64. The second-order valence-electron chi connectivity index (χ2n) is 5.56. The first-order chi connectivity index (χ1) is 10.2. The molecular weight excluding hydrogens is 264 g/mol. The Labute approximate surface area is 124 Å². The smallest absolute Gasteiger partial charge is 0.274 e. The minimum atomic E-state index is -0.00840. The molecule has 0 saturated carbocycles. The molecule has 1 aliphatic rings. The lowest BCUT2D eigenvalue weighted by atomic mass is 10.0. The third kappa shape index (κ3) is 2.63. The van der Waals surface area contributed by atoms with E-state index in [2.05, 4.69) is 17.2 Å². The lowest BCUT2D eigenvalue weighted by Gasteiger charge is -2.25. The first-order valence-corrected chi connectivity index (χ1v) is 7.29. The van der Waals surface area contributed by atoms with E-state index >= 15 is 0 Å². The number of rotatable bonds is 3. The Morgan fingerprint density at radius 1 is 1.38 bits per heavy atom. The van der Waals surface area contributed by atoms with Gasteiger partial charge in [0, 0.05) is 19.6 Å². The zero-order valence-corrected chi connectivity index (χ0v) is 12.2. The number of nitrogens with two attached hydrogens (primary N) is 1. The summed E-state index contributed by atoms with van der Waals surface area (Å²) in [6.45, 7) is 0.793. The second kappa shape index (κ2) is 5.60. The highest BCUT2D eigenvalue weighted by molar-refractivity contribution is 5.97. The molecule has 2 N–H and O–H groups in total. The van der Waals surface area contributed by atoms with E-state index in [1.165, 1.54) is 11.8 Å². The highest BCUT2D eigenvalue weighted by Gasteiger charge is 2.31. The van der Waals surface area contributed by atoms with Gasteiger partial charge in [-0.3, -0.25) is 9.48 Å². The molecule has 1 aromatic heterocycles. The van der Waals surface area contributed by atoms with Crippen LogP contribution in [-0.4, -0.2) is 33.2 Å². The molecule has 0 spiro atoms. The van der Waals surface area contributed by atoms with Gasteiger partial charge in [-0.2, -0.15) is 5.10 Å². The van der Waals surface area contributed by atoms with E-state index in [1.807, 2.05) is 23.1 Å². The number of nitrogen functional groups attached to an aromatic ring is 1. The maximum Gasteiger partial charge on any atom is 0.274 e. The van der Waals surface area contributed by atoms with E-state index in [1.54, 1.807) is 11.7 Å². The van der Waals surface area contributed by atoms with Gasteiger partial charge in [0.05, 0.1) is 11.9 Å². The van der Waals surface area contributed by atoms with Crippen LogP contribution in [0.25, 0.3) is 0 Å². The summed E-state index contributed by atoms with van der Waals surface area (Å²) in [7, 11) is 1.76. The molecule has 5 nitrogen and oxygen atoms in total. The van der Waals surface area contributed by atoms with E-state index in [0.29, 0.717) is 11.4 Å². The number of nitrogens with zero attached hydrogens (tertiary/aromatic N) is 3. The normalized spacial score (nSPS) is 18.1. The van der Waals surface area contributed by atoms with Crippen LogP contribution in [0.1, 0.15) is 28.9 Å². The lowest BCUT2D eigenvalue weighted by Crippen LogP contribution is -2.38. The van der Waals surface area contributed by atoms with Gasteiger partial charge in [-0.05, 0) is 24.8 Å². The highest BCUT2D eigenvalue weighted by atomic mass is 16.2. The fourth-order valence-electron chi connectivity index (χ4n) is 3.05. The lowest BCUT2D eigenvalue weighted by molar-refractivity contribution is 0.0726. The molecule has 3 rings (SSSR count). The van der Waals surface area contributed by atoms with Gasteiger partial charge in [0.15, 0.2) is 0 Å². The molecule has 1 aromatic carbocycles. The number of anilines is 1. The van der Waals surface area contributed by atoms with Crippen molar-refractivity contribution in [1.82, 2.24) is 14.7 Å². The van der Waals surface area contributed by atoms with Gasteiger partial charge in [0.2, 0.25) is 0 Å². The highest BCUT2D eigenvalue weighted by Crippen LogP contribution is 2.24. The van der Waals surface area contributed by atoms with E-state index in [9.17, 15) is 4.79 Å². The van der Waals surface area contributed by atoms with Crippen LogP contribution >= 0.6 is 0 Å². The Morgan fingerprint density at radius 3 is 2.81 bits per heavy atom. The molecule has 1 unspecified atom stereocenters. The predicted molar refractivity (Wildman–Crippen MR) is 81.8 cm³/mol. The van der Waals surface area contributed by atoms with Crippen molar-refractivity contribution < 1.29 is 4.79 Å². The standard InChI is InChI=1S/C16H20N4O/c1-19-15(14(17)11-18-19)16(21)20-9-5-8-13(20)10-12-6-3-2-4-7-12/h2-4,6-7,11,13H,5,8-10,17H2,1H3. The van der Waals surface area contributed by atoms with Crippen LogP contribution in [-0.2, 0) is 13.5 Å². The van der Waals surface area contributed by atoms with Crippen molar-refractivity contribution in [2.24, 2.45) is 7.05 Å². The van der Waals surface area contributed by atoms with Gasteiger partial charge >= 0.3 is 0 Å². The minimum absolute atomic E-state index is 0.00840. The summed E-state index contributed by atoms with van der Waals surface area (Å²) in [6, 6.07) is 10.6. The van der Waals surface area contributed by atoms with Crippen LogP contribution < -0.4 is 5.73 Å². The second-order valence-corrected chi connectivity index (χ2v) is 5.56.